The lowest BCUT2D eigenvalue weighted by atomic mass is 9.77. The number of nitrogens with zero attached hydrogens (tertiary/aromatic N) is 1. The van der Waals surface area contributed by atoms with Crippen LogP contribution in [0, 0.1) is 5.41 Å². The maximum atomic E-state index is 12.2. The Balaban J connectivity index is 2.04. The predicted molar refractivity (Wildman–Crippen MR) is 103 cm³/mol. The Hall–Kier alpha value is -2.40. The molecule has 0 unspecified atom stereocenters. The van der Waals surface area contributed by atoms with Crippen LogP contribution in [0.4, 0.5) is 0 Å². The van der Waals surface area contributed by atoms with Crippen LogP contribution in [0.15, 0.2) is 30.5 Å². The highest BCUT2D eigenvalue weighted by Gasteiger charge is 2.23. The van der Waals surface area contributed by atoms with Crippen molar-refractivity contribution >= 4 is 22.4 Å². The average Bonchev–Trinajstić information content (AvgIpc) is 2.64. The average molecular weight is 354 g/mol. The van der Waals surface area contributed by atoms with Crippen molar-refractivity contribution in [3.8, 4) is 5.75 Å². The maximum Gasteiger partial charge on any atom is 0.252 e. The lowest BCUT2D eigenvalue weighted by Gasteiger charge is -2.29. The van der Waals surface area contributed by atoms with Gasteiger partial charge in [-0.3, -0.25) is 9.78 Å². The van der Waals surface area contributed by atoms with Gasteiger partial charge in [-0.1, -0.05) is 19.9 Å². The highest BCUT2D eigenvalue weighted by Crippen LogP contribution is 2.40. The van der Waals surface area contributed by atoms with E-state index in [0.717, 1.165) is 41.5 Å². The van der Waals surface area contributed by atoms with Crippen LogP contribution in [-0.4, -0.2) is 36.3 Å². The van der Waals surface area contributed by atoms with Crippen molar-refractivity contribution in [2.24, 2.45) is 5.41 Å². The Morgan fingerprint density at radius 1 is 1.35 bits per heavy atom. The predicted octanol–water partition coefficient (Wildman–Crippen LogP) is 3.56. The van der Waals surface area contributed by atoms with Crippen molar-refractivity contribution in [3.05, 3.63) is 41.6 Å². The number of carbonyl (C=O) groups excluding carboxylic acids is 1. The molecule has 0 bridgehead atoms. The van der Waals surface area contributed by atoms with E-state index in [1.54, 1.807) is 13.3 Å². The number of methoxy groups -OCH3 is 1. The molecular weight excluding hydrogens is 328 g/mol. The Bertz CT molecular complexity index is 856. The number of fused-ring (bicyclic) bond motifs is 1. The van der Waals surface area contributed by atoms with Crippen molar-refractivity contribution in [2.45, 2.75) is 33.1 Å². The first-order valence-electron chi connectivity index (χ1n) is 9.00. The van der Waals surface area contributed by atoms with Gasteiger partial charge in [0.05, 0.1) is 24.8 Å². The molecule has 1 aliphatic carbocycles. The van der Waals surface area contributed by atoms with Gasteiger partial charge >= 0.3 is 0 Å². The summed E-state index contributed by atoms with van der Waals surface area (Å²) in [5, 5.41) is 12.4. The van der Waals surface area contributed by atoms with Crippen molar-refractivity contribution in [2.75, 3.05) is 20.3 Å². The summed E-state index contributed by atoms with van der Waals surface area (Å²) in [7, 11) is 1.65. The fourth-order valence-electron chi connectivity index (χ4n) is 3.30. The van der Waals surface area contributed by atoms with E-state index in [-0.39, 0.29) is 19.1 Å². The number of carbonyl (C=O) groups is 1. The summed E-state index contributed by atoms with van der Waals surface area (Å²) in [5.41, 5.74) is 4.07. The Labute approximate surface area is 154 Å². The van der Waals surface area contributed by atoms with Crippen LogP contribution in [0.25, 0.3) is 16.5 Å². The van der Waals surface area contributed by atoms with Crippen LogP contribution in [0.3, 0.4) is 0 Å². The molecule has 1 aromatic carbocycles. The van der Waals surface area contributed by atoms with Crippen LogP contribution in [0.2, 0.25) is 0 Å². The number of benzene rings is 1. The molecule has 1 aliphatic rings. The summed E-state index contributed by atoms with van der Waals surface area (Å²) >= 11 is 0. The summed E-state index contributed by atoms with van der Waals surface area (Å²) in [6.45, 7) is 4.72. The minimum absolute atomic E-state index is 0.0881. The maximum absolute atomic E-state index is 12.2. The van der Waals surface area contributed by atoms with Gasteiger partial charge in [-0.05, 0) is 48.4 Å². The largest absolute Gasteiger partial charge is 0.497 e. The number of pyridine rings is 1. The Kier molecular flexibility index (Phi) is 5.28. The van der Waals surface area contributed by atoms with Crippen LogP contribution in [0.5, 0.6) is 5.75 Å². The van der Waals surface area contributed by atoms with Gasteiger partial charge in [0.2, 0.25) is 0 Å². The topological polar surface area (TPSA) is 71.5 Å². The van der Waals surface area contributed by atoms with Gasteiger partial charge in [0, 0.05) is 23.7 Å². The number of rotatable bonds is 5. The SMILES string of the molecule is COc1cc(C2=CCC(C)(C)CC2)c2ncc(C(=O)NCCO)cc2c1. The molecule has 26 heavy (non-hydrogen) atoms. The molecule has 2 aromatic rings. The zero-order chi connectivity index (χ0) is 18.7. The molecular formula is C21H26N2O3. The lowest BCUT2D eigenvalue weighted by Crippen LogP contribution is -2.26. The summed E-state index contributed by atoms with van der Waals surface area (Å²) in [6, 6.07) is 5.77. The number of ether oxygens (including phenoxy) is 1. The van der Waals surface area contributed by atoms with E-state index in [0.29, 0.717) is 11.0 Å². The minimum atomic E-state index is -0.239. The summed E-state index contributed by atoms with van der Waals surface area (Å²) < 4.78 is 5.47. The van der Waals surface area contributed by atoms with Gasteiger partial charge in [0.15, 0.2) is 0 Å². The second-order valence-electron chi connectivity index (χ2n) is 7.55. The molecule has 1 aromatic heterocycles. The number of hydrogen-bond donors (Lipinski definition) is 2. The number of aliphatic hydroxyl groups is 1. The van der Waals surface area contributed by atoms with E-state index in [1.807, 2.05) is 18.2 Å². The fourth-order valence-corrected chi connectivity index (χ4v) is 3.30. The number of nitrogens with one attached hydrogen (secondary N) is 1. The quantitative estimate of drug-likeness (QED) is 0.861. The van der Waals surface area contributed by atoms with Gasteiger partial charge in [-0.25, -0.2) is 0 Å². The molecule has 0 saturated carbocycles. The van der Waals surface area contributed by atoms with Crippen LogP contribution >= 0.6 is 0 Å². The fraction of sp³-hybridized carbons (Fsp3) is 0.429. The molecule has 1 heterocycles. The van der Waals surface area contributed by atoms with Crippen molar-refractivity contribution < 1.29 is 14.6 Å². The molecule has 0 atom stereocenters. The van der Waals surface area contributed by atoms with E-state index in [2.05, 4.69) is 30.2 Å². The molecule has 0 radical (unpaired) electrons. The highest BCUT2D eigenvalue weighted by atomic mass is 16.5. The normalized spacial score (nSPS) is 16.2. The third kappa shape index (κ3) is 3.88. The molecule has 5 nitrogen and oxygen atoms in total. The van der Waals surface area contributed by atoms with E-state index < -0.39 is 0 Å². The van der Waals surface area contributed by atoms with Gasteiger partial charge in [0.25, 0.3) is 5.91 Å². The monoisotopic (exact) mass is 354 g/mol. The van der Waals surface area contributed by atoms with Crippen molar-refractivity contribution in [1.29, 1.82) is 0 Å². The highest BCUT2D eigenvalue weighted by molar-refractivity contribution is 5.99. The second kappa shape index (κ2) is 7.46. The smallest absolute Gasteiger partial charge is 0.252 e. The molecule has 3 rings (SSSR count). The van der Waals surface area contributed by atoms with Gasteiger partial charge in [0.1, 0.15) is 5.75 Å². The summed E-state index contributed by atoms with van der Waals surface area (Å²) in [6.07, 6.45) is 7.09. The molecule has 0 saturated heterocycles. The van der Waals surface area contributed by atoms with Crippen molar-refractivity contribution in [1.82, 2.24) is 10.3 Å². The van der Waals surface area contributed by atoms with Gasteiger partial charge < -0.3 is 15.2 Å². The molecule has 2 N–H and O–H groups in total. The minimum Gasteiger partial charge on any atom is -0.497 e. The third-order valence-electron chi connectivity index (χ3n) is 4.97. The Morgan fingerprint density at radius 2 is 2.15 bits per heavy atom. The number of hydrogen-bond acceptors (Lipinski definition) is 4. The lowest BCUT2D eigenvalue weighted by molar-refractivity contribution is 0.0944. The first kappa shape index (κ1) is 18.4. The molecule has 0 spiro atoms. The zero-order valence-electron chi connectivity index (χ0n) is 15.6. The number of amides is 1. The van der Waals surface area contributed by atoms with E-state index in [9.17, 15) is 4.79 Å². The zero-order valence-corrected chi connectivity index (χ0v) is 15.6. The molecule has 0 fully saturated rings. The summed E-state index contributed by atoms with van der Waals surface area (Å²) in [4.78, 5) is 16.7. The van der Waals surface area contributed by atoms with Gasteiger partial charge in [-0.2, -0.15) is 0 Å². The van der Waals surface area contributed by atoms with Crippen LogP contribution in [0.1, 0.15) is 49.0 Å². The molecule has 5 heteroatoms. The first-order valence-corrected chi connectivity index (χ1v) is 9.00. The third-order valence-corrected chi connectivity index (χ3v) is 4.97. The molecule has 0 aliphatic heterocycles. The number of aromatic nitrogens is 1. The molecule has 138 valence electrons. The number of allylic oxidation sites excluding steroid dienone is 2. The van der Waals surface area contributed by atoms with Gasteiger partial charge in [-0.15, -0.1) is 0 Å². The van der Waals surface area contributed by atoms with E-state index >= 15 is 0 Å². The summed E-state index contributed by atoms with van der Waals surface area (Å²) in [5.74, 6) is 0.518. The van der Waals surface area contributed by atoms with Crippen LogP contribution < -0.4 is 10.1 Å². The van der Waals surface area contributed by atoms with E-state index in [1.165, 1.54) is 5.57 Å². The van der Waals surface area contributed by atoms with Crippen LogP contribution in [-0.2, 0) is 0 Å². The second-order valence-corrected chi connectivity index (χ2v) is 7.55. The number of aliphatic hydroxyl groups excluding tert-OH is 1. The molecule has 1 amide bonds. The van der Waals surface area contributed by atoms with Crippen molar-refractivity contribution in [3.63, 3.8) is 0 Å². The first-order chi connectivity index (χ1) is 12.4. The standard InChI is InChI=1S/C21H26N2O3/c1-21(2)6-4-14(5-7-21)18-12-17(26-3)11-15-10-16(13-23-19(15)18)20(25)22-8-9-24/h4,10-13,24H,5-9H2,1-3H3,(H,22,25). The van der Waals surface area contributed by atoms with E-state index in [4.69, 9.17) is 9.84 Å². The Morgan fingerprint density at radius 3 is 2.81 bits per heavy atom.